The highest BCUT2D eigenvalue weighted by Gasteiger charge is 2.33. The second kappa shape index (κ2) is 13.8. The molecule has 1 saturated carbocycles. The number of nitrogens with zero attached hydrogens (tertiary/aromatic N) is 2. The van der Waals surface area contributed by atoms with E-state index in [0.717, 1.165) is 42.1 Å². The van der Waals surface area contributed by atoms with E-state index in [1.807, 2.05) is 0 Å². The molecule has 8 nitrogen and oxygen atoms in total. The van der Waals surface area contributed by atoms with Gasteiger partial charge in [0, 0.05) is 18.2 Å². The number of nitrogens with one attached hydrogen (secondary N) is 1. The van der Waals surface area contributed by atoms with Crippen LogP contribution in [0.1, 0.15) is 45.1 Å². The minimum atomic E-state index is -4.34. The second-order valence-electron chi connectivity index (χ2n) is 10.2. The van der Waals surface area contributed by atoms with Crippen molar-refractivity contribution in [3.63, 3.8) is 0 Å². The highest BCUT2D eigenvalue weighted by atomic mass is 32.2. The van der Waals surface area contributed by atoms with E-state index in [-0.39, 0.29) is 28.7 Å². The highest BCUT2D eigenvalue weighted by Crippen LogP contribution is 2.27. The summed E-state index contributed by atoms with van der Waals surface area (Å²) in [4.78, 5) is 28.2. The molecule has 0 spiro atoms. The van der Waals surface area contributed by atoms with Crippen LogP contribution in [0.3, 0.4) is 0 Å². The van der Waals surface area contributed by atoms with Crippen molar-refractivity contribution in [1.82, 2.24) is 10.2 Å². The number of anilines is 1. The Morgan fingerprint density at radius 2 is 1.62 bits per heavy atom. The van der Waals surface area contributed by atoms with E-state index in [2.05, 4.69) is 5.32 Å². The van der Waals surface area contributed by atoms with Gasteiger partial charge in [-0.15, -0.1) is 0 Å². The molecule has 1 fully saturated rings. The first kappa shape index (κ1) is 31.0. The molecule has 1 unspecified atom stereocenters. The molecule has 3 aromatic rings. The van der Waals surface area contributed by atoms with Crippen LogP contribution in [0.2, 0.25) is 0 Å². The van der Waals surface area contributed by atoms with Gasteiger partial charge in [0.05, 0.1) is 17.2 Å². The van der Waals surface area contributed by atoms with Gasteiger partial charge < -0.3 is 15.0 Å². The zero-order valence-corrected chi connectivity index (χ0v) is 24.4. The minimum absolute atomic E-state index is 0.0129. The fourth-order valence-corrected chi connectivity index (χ4v) is 6.34. The number of sulfonamides is 1. The number of carbonyl (C=O) groups is 2. The standard InChI is InChI=1S/C31H35F2N3O5S/c1-3-41-27-16-18-28(19-17-27)42(39,40)36(26-14-12-24(32)13-15-26)21-30(37)35(20-23-8-4-7-11-29(23)33)22(2)31(38)34-25-9-5-6-10-25/h4,7-8,11-19,22,25H,3,5-6,9-10,20-21H2,1-2H3,(H,34,38). The van der Waals surface area contributed by atoms with Crippen LogP contribution < -0.4 is 14.4 Å². The Bertz CT molecular complexity index is 1480. The largest absolute Gasteiger partial charge is 0.494 e. The lowest BCUT2D eigenvalue weighted by atomic mass is 10.1. The van der Waals surface area contributed by atoms with Gasteiger partial charge in [0.15, 0.2) is 0 Å². The molecule has 3 aromatic carbocycles. The van der Waals surface area contributed by atoms with Crippen molar-refractivity contribution in [3.05, 3.63) is 90.0 Å². The van der Waals surface area contributed by atoms with Crippen molar-refractivity contribution >= 4 is 27.5 Å². The number of amides is 2. The Balaban J connectivity index is 1.68. The molecule has 0 bridgehead atoms. The number of hydrogen-bond acceptors (Lipinski definition) is 5. The van der Waals surface area contributed by atoms with Gasteiger partial charge in [0.1, 0.15) is 30.0 Å². The normalized spacial score (nSPS) is 14.3. The van der Waals surface area contributed by atoms with Crippen molar-refractivity contribution in [2.45, 2.75) is 63.1 Å². The lowest BCUT2D eigenvalue weighted by Crippen LogP contribution is -2.52. The van der Waals surface area contributed by atoms with E-state index in [9.17, 15) is 26.8 Å². The van der Waals surface area contributed by atoms with Crippen molar-refractivity contribution in [3.8, 4) is 5.75 Å². The average Bonchev–Trinajstić information content (AvgIpc) is 3.49. The zero-order valence-electron chi connectivity index (χ0n) is 23.6. The van der Waals surface area contributed by atoms with Gasteiger partial charge in [-0.3, -0.25) is 13.9 Å². The summed E-state index contributed by atoms with van der Waals surface area (Å²) in [6.45, 7) is 2.76. The molecule has 0 heterocycles. The fraction of sp³-hybridized carbons (Fsp3) is 0.355. The summed E-state index contributed by atoms with van der Waals surface area (Å²) in [5.74, 6) is -1.81. The van der Waals surface area contributed by atoms with Crippen molar-refractivity contribution in [2.75, 3.05) is 17.5 Å². The molecule has 1 atom stereocenters. The highest BCUT2D eigenvalue weighted by molar-refractivity contribution is 7.92. The van der Waals surface area contributed by atoms with Crippen molar-refractivity contribution in [2.24, 2.45) is 0 Å². The molecule has 4 rings (SSSR count). The maximum atomic E-state index is 14.7. The van der Waals surface area contributed by atoms with E-state index >= 15 is 0 Å². The monoisotopic (exact) mass is 599 g/mol. The molecule has 1 aliphatic carbocycles. The summed E-state index contributed by atoms with van der Waals surface area (Å²) in [7, 11) is -4.34. The molecular weight excluding hydrogens is 564 g/mol. The Labute approximate surface area is 245 Å². The van der Waals surface area contributed by atoms with Crippen LogP contribution in [0.25, 0.3) is 0 Å². The van der Waals surface area contributed by atoms with Crippen LogP contribution in [-0.4, -0.2) is 50.4 Å². The van der Waals surface area contributed by atoms with Gasteiger partial charge in [-0.2, -0.15) is 0 Å². The maximum absolute atomic E-state index is 14.7. The van der Waals surface area contributed by atoms with E-state index in [4.69, 9.17) is 4.74 Å². The first-order valence-electron chi connectivity index (χ1n) is 13.9. The summed E-state index contributed by atoms with van der Waals surface area (Å²) in [5, 5.41) is 2.97. The van der Waals surface area contributed by atoms with E-state index < -0.39 is 46.1 Å². The molecule has 2 amide bonds. The third-order valence-electron chi connectivity index (χ3n) is 7.28. The number of hydrogen-bond donors (Lipinski definition) is 1. The van der Waals surface area contributed by atoms with Crippen LogP contribution in [0.5, 0.6) is 5.75 Å². The van der Waals surface area contributed by atoms with Crippen LogP contribution >= 0.6 is 0 Å². The molecule has 224 valence electrons. The molecule has 1 N–H and O–H groups in total. The summed E-state index contributed by atoms with van der Waals surface area (Å²) < 4.78 is 62.5. The smallest absolute Gasteiger partial charge is 0.264 e. The number of carbonyl (C=O) groups excluding carboxylic acids is 2. The molecule has 0 aromatic heterocycles. The number of rotatable bonds is 12. The van der Waals surface area contributed by atoms with Gasteiger partial charge in [0.25, 0.3) is 10.0 Å². The fourth-order valence-electron chi connectivity index (χ4n) is 4.92. The van der Waals surface area contributed by atoms with Gasteiger partial charge >= 0.3 is 0 Å². The number of benzene rings is 3. The molecule has 42 heavy (non-hydrogen) atoms. The zero-order chi connectivity index (χ0) is 30.3. The Hall–Kier alpha value is -3.99. The summed E-state index contributed by atoms with van der Waals surface area (Å²) in [5.41, 5.74) is 0.224. The van der Waals surface area contributed by atoms with Gasteiger partial charge in [-0.1, -0.05) is 31.0 Å². The van der Waals surface area contributed by atoms with E-state index in [0.29, 0.717) is 12.4 Å². The van der Waals surface area contributed by atoms with Crippen LogP contribution in [0, 0.1) is 11.6 Å². The molecule has 0 saturated heterocycles. The van der Waals surface area contributed by atoms with Gasteiger partial charge in [0.2, 0.25) is 11.8 Å². The third-order valence-corrected chi connectivity index (χ3v) is 9.07. The summed E-state index contributed by atoms with van der Waals surface area (Å²) in [6.07, 6.45) is 3.65. The van der Waals surface area contributed by atoms with Gasteiger partial charge in [-0.05, 0) is 81.3 Å². The Kier molecular flexibility index (Phi) is 10.2. The second-order valence-corrected chi connectivity index (χ2v) is 12.0. The first-order chi connectivity index (χ1) is 20.1. The third kappa shape index (κ3) is 7.44. The summed E-state index contributed by atoms with van der Waals surface area (Å²) >= 11 is 0. The van der Waals surface area contributed by atoms with Crippen LogP contribution in [0.4, 0.5) is 14.5 Å². The van der Waals surface area contributed by atoms with E-state index in [1.165, 1.54) is 66.4 Å². The van der Waals surface area contributed by atoms with Crippen LogP contribution in [-0.2, 0) is 26.2 Å². The van der Waals surface area contributed by atoms with E-state index in [1.54, 1.807) is 13.0 Å². The minimum Gasteiger partial charge on any atom is -0.494 e. The average molecular weight is 600 g/mol. The SMILES string of the molecule is CCOc1ccc(S(=O)(=O)N(CC(=O)N(Cc2ccccc2F)C(C)C(=O)NC2CCCC2)c2ccc(F)cc2)cc1. The predicted octanol–water partition coefficient (Wildman–Crippen LogP) is 5.03. The maximum Gasteiger partial charge on any atom is 0.264 e. The van der Waals surface area contributed by atoms with Gasteiger partial charge in [-0.25, -0.2) is 17.2 Å². The van der Waals surface area contributed by atoms with Crippen molar-refractivity contribution in [1.29, 1.82) is 0 Å². The molecular formula is C31H35F2N3O5S. The Morgan fingerprint density at radius 1 is 0.976 bits per heavy atom. The first-order valence-corrected chi connectivity index (χ1v) is 15.4. The molecule has 0 aliphatic heterocycles. The molecule has 1 aliphatic rings. The van der Waals surface area contributed by atoms with Crippen molar-refractivity contribution < 1.29 is 31.5 Å². The summed E-state index contributed by atoms with van der Waals surface area (Å²) in [6, 6.07) is 15.3. The number of halogens is 2. The Morgan fingerprint density at radius 3 is 2.24 bits per heavy atom. The predicted molar refractivity (Wildman–Crippen MR) is 155 cm³/mol. The quantitative estimate of drug-likeness (QED) is 0.315. The molecule has 11 heteroatoms. The lowest BCUT2D eigenvalue weighted by molar-refractivity contribution is -0.139. The molecule has 0 radical (unpaired) electrons. The van der Waals surface area contributed by atoms with Crippen LogP contribution in [0.15, 0.2) is 77.7 Å². The number of ether oxygens (including phenoxy) is 1. The topological polar surface area (TPSA) is 96.0 Å². The lowest BCUT2D eigenvalue weighted by Gasteiger charge is -2.32.